The molecule has 0 rings (SSSR count). The molecular formula is C6H11NS. The average Bonchev–Trinajstić information content (AvgIpc) is 1.83. The monoisotopic (exact) mass is 129 g/mol. The second-order valence-corrected chi connectivity index (χ2v) is 2.43. The molecule has 0 aromatic carbocycles. The predicted octanol–water partition coefficient (Wildman–Crippen LogP) is 2.30. The van der Waals surface area contributed by atoms with Crippen LogP contribution in [-0.2, 0) is 0 Å². The number of allylic oxidation sites excluding steroid dienone is 1. The molecule has 0 aliphatic rings. The zero-order chi connectivity index (χ0) is 6.41. The van der Waals surface area contributed by atoms with Crippen LogP contribution in [0.3, 0.4) is 0 Å². The van der Waals surface area contributed by atoms with Crippen molar-refractivity contribution in [1.82, 2.24) is 0 Å². The summed E-state index contributed by atoms with van der Waals surface area (Å²) in [6.45, 7) is 3.99. The lowest BCUT2D eigenvalue weighted by Crippen LogP contribution is -1.76. The highest BCUT2D eigenvalue weighted by Gasteiger charge is 1.80. The smallest absolute Gasteiger partial charge is 0.0683 e. The zero-order valence-electron chi connectivity index (χ0n) is 5.51. The first-order valence-electron chi connectivity index (χ1n) is 2.52. The molecule has 46 valence electrons. The summed E-state index contributed by atoms with van der Waals surface area (Å²) >= 11 is 1.65. The molecule has 0 aliphatic heterocycles. The summed E-state index contributed by atoms with van der Waals surface area (Å²) in [6, 6.07) is 0. The number of nitrogens with zero attached hydrogens (tertiary/aromatic N) is 1. The Morgan fingerprint density at radius 1 is 1.62 bits per heavy atom. The number of rotatable bonds is 1. The van der Waals surface area contributed by atoms with Gasteiger partial charge >= 0.3 is 0 Å². The Bertz CT molecular complexity index is 105. The van der Waals surface area contributed by atoms with Crippen molar-refractivity contribution in [1.29, 1.82) is 0 Å². The number of thioether (sulfide) groups is 1. The van der Waals surface area contributed by atoms with Crippen molar-refractivity contribution in [2.75, 3.05) is 7.05 Å². The Hall–Kier alpha value is -0.240. The zero-order valence-corrected chi connectivity index (χ0v) is 6.33. The van der Waals surface area contributed by atoms with Crippen LogP contribution in [0.25, 0.3) is 0 Å². The normalized spacial score (nSPS) is 13.1. The van der Waals surface area contributed by atoms with Crippen molar-refractivity contribution < 1.29 is 0 Å². The molecule has 0 aliphatic carbocycles. The van der Waals surface area contributed by atoms with Crippen molar-refractivity contribution >= 4 is 16.8 Å². The Labute approximate surface area is 54.9 Å². The largest absolute Gasteiger partial charge is 0.286 e. The van der Waals surface area contributed by atoms with E-state index in [-0.39, 0.29) is 0 Å². The minimum atomic E-state index is 1.10. The topological polar surface area (TPSA) is 12.4 Å². The highest BCUT2D eigenvalue weighted by atomic mass is 32.2. The van der Waals surface area contributed by atoms with Crippen LogP contribution in [0.2, 0.25) is 0 Å². The fourth-order valence-corrected chi connectivity index (χ4v) is 0.658. The van der Waals surface area contributed by atoms with Gasteiger partial charge in [-0.05, 0) is 19.3 Å². The molecule has 0 heterocycles. The highest BCUT2D eigenvalue weighted by molar-refractivity contribution is 8.16. The van der Waals surface area contributed by atoms with Gasteiger partial charge in [-0.15, -0.1) is 0 Å². The van der Waals surface area contributed by atoms with E-state index in [2.05, 4.69) is 4.99 Å². The highest BCUT2D eigenvalue weighted by Crippen LogP contribution is 2.03. The van der Waals surface area contributed by atoms with Gasteiger partial charge < -0.3 is 0 Å². The van der Waals surface area contributed by atoms with Crippen molar-refractivity contribution in [3.05, 3.63) is 11.5 Å². The third kappa shape index (κ3) is 3.93. The van der Waals surface area contributed by atoms with Crippen molar-refractivity contribution in [3.8, 4) is 0 Å². The first-order chi connectivity index (χ1) is 3.81. The van der Waals surface area contributed by atoms with Crippen LogP contribution in [0.5, 0.6) is 0 Å². The molecule has 1 nitrogen and oxygen atoms in total. The summed E-state index contributed by atoms with van der Waals surface area (Å²) in [7, 11) is 1.80. The molecule has 0 bridgehead atoms. The second-order valence-electron chi connectivity index (χ2n) is 1.33. The van der Waals surface area contributed by atoms with Crippen molar-refractivity contribution in [2.24, 2.45) is 4.99 Å². The number of hydrogen-bond acceptors (Lipinski definition) is 2. The Balaban J connectivity index is 3.40. The quantitative estimate of drug-likeness (QED) is 0.391. The molecule has 0 N–H and O–H groups in total. The first kappa shape index (κ1) is 7.76. The van der Waals surface area contributed by atoms with E-state index in [1.807, 2.05) is 25.3 Å². The summed E-state index contributed by atoms with van der Waals surface area (Å²) in [5.74, 6) is 0. The summed E-state index contributed by atoms with van der Waals surface area (Å²) in [6.07, 6.45) is 2.00. The summed E-state index contributed by atoms with van der Waals surface area (Å²) < 4.78 is 0. The Kier molecular flexibility index (Phi) is 4.76. The number of aliphatic imine (C=N–C) groups is 1. The molecule has 0 fully saturated rings. The lowest BCUT2D eigenvalue weighted by molar-refractivity contribution is 1.45. The molecule has 0 radical (unpaired) electrons. The summed E-state index contributed by atoms with van der Waals surface area (Å²) in [4.78, 5) is 3.95. The minimum absolute atomic E-state index is 1.10. The average molecular weight is 129 g/mol. The molecule has 0 saturated carbocycles. The molecule has 8 heavy (non-hydrogen) atoms. The number of hydrogen-bond donors (Lipinski definition) is 0. The minimum Gasteiger partial charge on any atom is -0.286 e. The van der Waals surface area contributed by atoms with E-state index >= 15 is 0 Å². The van der Waals surface area contributed by atoms with Gasteiger partial charge in [-0.2, -0.15) is 0 Å². The third-order valence-corrected chi connectivity index (χ3v) is 1.62. The van der Waals surface area contributed by atoms with Gasteiger partial charge in [0.25, 0.3) is 0 Å². The second kappa shape index (κ2) is 4.91. The van der Waals surface area contributed by atoms with E-state index in [4.69, 9.17) is 0 Å². The predicted molar refractivity (Wildman–Crippen MR) is 41.4 cm³/mol. The third-order valence-electron chi connectivity index (χ3n) is 0.690. The van der Waals surface area contributed by atoms with E-state index in [1.165, 1.54) is 0 Å². The van der Waals surface area contributed by atoms with Crippen LogP contribution in [0.1, 0.15) is 13.8 Å². The van der Waals surface area contributed by atoms with Crippen LogP contribution in [0.15, 0.2) is 16.5 Å². The molecule has 0 atom stereocenters. The standard InChI is InChI=1S/C6H11NS/c1-4-5-8-6(2)7-3/h4-5H,1-3H3/b5-4+,7-6-. The van der Waals surface area contributed by atoms with Crippen LogP contribution in [0.4, 0.5) is 0 Å². The van der Waals surface area contributed by atoms with Gasteiger partial charge in [0.05, 0.1) is 5.04 Å². The molecule has 0 amide bonds. The van der Waals surface area contributed by atoms with Gasteiger partial charge in [0, 0.05) is 7.05 Å². The molecular weight excluding hydrogens is 118 g/mol. The van der Waals surface area contributed by atoms with Gasteiger partial charge in [-0.3, -0.25) is 4.99 Å². The van der Waals surface area contributed by atoms with Crippen LogP contribution in [0, 0.1) is 0 Å². The molecule has 0 aromatic rings. The van der Waals surface area contributed by atoms with Gasteiger partial charge in [-0.25, -0.2) is 0 Å². The maximum atomic E-state index is 3.95. The molecule has 0 saturated heterocycles. The fourth-order valence-electron chi connectivity index (χ4n) is 0.219. The molecule has 2 heteroatoms. The van der Waals surface area contributed by atoms with E-state index in [0.29, 0.717) is 0 Å². The van der Waals surface area contributed by atoms with Crippen LogP contribution in [-0.4, -0.2) is 12.1 Å². The van der Waals surface area contributed by atoms with Gasteiger partial charge in [0.2, 0.25) is 0 Å². The van der Waals surface area contributed by atoms with Crippen LogP contribution >= 0.6 is 11.8 Å². The Morgan fingerprint density at radius 2 is 2.25 bits per heavy atom. The van der Waals surface area contributed by atoms with E-state index in [1.54, 1.807) is 18.8 Å². The van der Waals surface area contributed by atoms with E-state index in [0.717, 1.165) is 5.04 Å². The van der Waals surface area contributed by atoms with Gasteiger partial charge in [-0.1, -0.05) is 17.8 Å². The lowest BCUT2D eigenvalue weighted by atomic mass is 10.8. The van der Waals surface area contributed by atoms with E-state index in [9.17, 15) is 0 Å². The molecule has 0 unspecified atom stereocenters. The summed E-state index contributed by atoms with van der Waals surface area (Å²) in [5, 5.41) is 3.12. The van der Waals surface area contributed by atoms with Crippen molar-refractivity contribution in [2.45, 2.75) is 13.8 Å². The van der Waals surface area contributed by atoms with Crippen molar-refractivity contribution in [3.63, 3.8) is 0 Å². The maximum absolute atomic E-state index is 3.95. The van der Waals surface area contributed by atoms with Gasteiger partial charge in [0.1, 0.15) is 0 Å². The lowest BCUT2D eigenvalue weighted by Gasteiger charge is -1.87. The summed E-state index contributed by atoms with van der Waals surface area (Å²) in [5.41, 5.74) is 0. The maximum Gasteiger partial charge on any atom is 0.0683 e. The molecule has 0 aromatic heterocycles. The van der Waals surface area contributed by atoms with Crippen LogP contribution < -0.4 is 0 Å². The fraction of sp³-hybridized carbons (Fsp3) is 0.500. The first-order valence-corrected chi connectivity index (χ1v) is 3.40. The molecule has 0 spiro atoms. The van der Waals surface area contributed by atoms with E-state index < -0.39 is 0 Å². The Morgan fingerprint density at radius 3 is 2.62 bits per heavy atom. The SMILES string of the molecule is C/C=C/S/C(C)=N\C. The van der Waals surface area contributed by atoms with Gasteiger partial charge in [0.15, 0.2) is 0 Å².